The molecule has 0 atom stereocenters. The van der Waals surface area contributed by atoms with E-state index in [0.717, 1.165) is 12.1 Å². The normalized spacial score (nSPS) is 9.58. The van der Waals surface area contributed by atoms with E-state index in [0.29, 0.717) is 0 Å². The zero-order chi connectivity index (χ0) is 9.14. The number of halogens is 2. The topological polar surface area (TPSA) is 26.3 Å². The molecule has 0 aliphatic rings. The Hall–Kier alpha value is -0.567. The zero-order valence-electron chi connectivity index (χ0n) is 5.80. The molecule has 12 heavy (non-hydrogen) atoms. The fourth-order valence-corrected chi connectivity index (χ4v) is 1.14. The molecule has 0 amide bonds. The Bertz CT molecular complexity index is 294. The van der Waals surface area contributed by atoms with Crippen molar-refractivity contribution in [2.24, 2.45) is 0 Å². The van der Waals surface area contributed by atoms with Crippen molar-refractivity contribution in [3.63, 3.8) is 0 Å². The summed E-state index contributed by atoms with van der Waals surface area (Å²) in [5.74, 6) is -2.73. The first-order valence-corrected chi connectivity index (χ1v) is 4.57. The van der Waals surface area contributed by atoms with E-state index in [2.05, 4.69) is 2.81 Å². The van der Waals surface area contributed by atoms with Crippen molar-refractivity contribution in [3.05, 3.63) is 35.4 Å². The van der Waals surface area contributed by atoms with Crippen molar-refractivity contribution in [2.45, 2.75) is 0 Å². The molecule has 0 aliphatic heterocycles. The van der Waals surface area contributed by atoms with Crippen LogP contribution in [0, 0.1) is 11.6 Å². The summed E-state index contributed by atoms with van der Waals surface area (Å²) in [6.07, 6.45) is 0. The standard InChI is InChI=1S/C7H4F2O2.Bi.H/c8-4-2-1-3-5(9)6(4)7(10)11;;/h1-3H,(H,10,11);;/q;+1;/p-1. The molecule has 0 spiro atoms. The van der Waals surface area contributed by atoms with Gasteiger partial charge in [-0.2, -0.15) is 0 Å². The second-order valence-electron chi connectivity index (χ2n) is 1.99. The summed E-state index contributed by atoms with van der Waals surface area (Å²) in [4.78, 5) is 10.8. The molecule has 2 nitrogen and oxygen atoms in total. The van der Waals surface area contributed by atoms with E-state index in [1.807, 2.05) is 0 Å². The molecule has 1 aromatic rings. The first kappa shape index (κ1) is 9.52. The van der Waals surface area contributed by atoms with Crippen LogP contribution in [0.3, 0.4) is 0 Å². The molecule has 0 saturated carbocycles. The van der Waals surface area contributed by atoms with E-state index >= 15 is 0 Å². The Morgan fingerprint density at radius 3 is 2.25 bits per heavy atom. The average Bonchev–Trinajstić information content (AvgIpc) is 2.03. The summed E-state index contributed by atoms with van der Waals surface area (Å²) in [5.41, 5.74) is -0.618. The van der Waals surface area contributed by atoms with Gasteiger partial charge in [-0.25, -0.2) is 0 Å². The number of hydrogen-bond acceptors (Lipinski definition) is 2. The molecule has 1 rings (SSSR count). The van der Waals surface area contributed by atoms with Crippen LogP contribution in [0.25, 0.3) is 0 Å². The molecule has 0 unspecified atom stereocenters. The molecule has 0 saturated heterocycles. The van der Waals surface area contributed by atoms with Gasteiger partial charge in [0, 0.05) is 0 Å². The quantitative estimate of drug-likeness (QED) is 0.691. The van der Waals surface area contributed by atoms with Gasteiger partial charge in [-0.1, -0.05) is 0 Å². The molecule has 0 N–H and O–H groups in total. The SMILES string of the molecule is O=C([O][BiH])c1c(F)cccc1F. The summed E-state index contributed by atoms with van der Waals surface area (Å²) in [5, 5.41) is 0. The van der Waals surface area contributed by atoms with Gasteiger partial charge < -0.3 is 0 Å². The van der Waals surface area contributed by atoms with Gasteiger partial charge in [0.25, 0.3) is 0 Å². The fraction of sp³-hybridized carbons (Fsp3) is 0. The van der Waals surface area contributed by atoms with Crippen molar-refractivity contribution in [1.82, 2.24) is 0 Å². The van der Waals surface area contributed by atoms with Crippen LogP contribution in [0.2, 0.25) is 0 Å². The Morgan fingerprint density at radius 1 is 1.33 bits per heavy atom. The zero-order valence-corrected chi connectivity index (χ0v) is 9.69. The van der Waals surface area contributed by atoms with Crippen LogP contribution in [-0.4, -0.2) is 31.1 Å². The van der Waals surface area contributed by atoms with Crippen molar-refractivity contribution in [1.29, 1.82) is 0 Å². The van der Waals surface area contributed by atoms with Crippen LogP contribution in [0.4, 0.5) is 8.78 Å². The predicted molar refractivity (Wildman–Crippen MR) is 38.9 cm³/mol. The monoisotopic (exact) mass is 367 g/mol. The molecule has 0 heterocycles. The molecule has 63 valence electrons. The molecule has 1 aromatic carbocycles. The predicted octanol–water partition coefficient (Wildman–Crippen LogP) is 0.937. The van der Waals surface area contributed by atoms with Crippen molar-refractivity contribution in [3.8, 4) is 0 Å². The fourth-order valence-electron chi connectivity index (χ4n) is 0.744. The van der Waals surface area contributed by atoms with E-state index in [1.54, 1.807) is 0 Å². The summed E-state index contributed by atoms with van der Waals surface area (Å²) < 4.78 is 29.8. The van der Waals surface area contributed by atoms with Gasteiger partial charge in [-0.05, 0) is 0 Å². The van der Waals surface area contributed by atoms with Crippen LogP contribution in [0.5, 0.6) is 0 Å². The van der Waals surface area contributed by atoms with Crippen LogP contribution in [0.1, 0.15) is 10.4 Å². The van der Waals surface area contributed by atoms with E-state index in [-0.39, 0.29) is 25.2 Å². The van der Waals surface area contributed by atoms with Gasteiger partial charge >= 0.3 is 82.9 Å². The first-order chi connectivity index (χ1) is 5.66. The Balaban J connectivity index is 3.21. The average molecular weight is 367 g/mol. The number of rotatable bonds is 1. The minimum absolute atomic E-state index is 0.121. The molecule has 0 bridgehead atoms. The van der Waals surface area contributed by atoms with E-state index in [9.17, 15) is 13.6 Å². The van der Waals surface area contributed by atoms with Gasteiger partial charge in [0.05, 0.1) is 0 Å². The Kier molecular flexibility index (Phi) is 3.09. The van der Waals surface area contributed by atoms with Gasteiger partial charge in [-0.3, -0.25) is 0 Å². The molecular formula is C7H4BiF2O2. The third kappa shape index (κ3) is 1.78. The van der Waals surface area contributed by atoms with E-state index in [1.165, 1.54) is 6.07 Å². The molecule has 0 aromatic heterocycles. The van der Waals surface area contributed by atoms with E-state index in [4.69, 9.17) is 0 Å². The van der Waals surface area contributed by atoms with E-state index < -0.39 is 23.2 Å². The summed E-state index contributed by atoms with van der Waals surface area (Å²) in [6, 6.07) is 3.21. The van der Waals surface area contributed by atoms with Crippen molar-refractivity contribution < 1.29 is 16.4 Å². The summed E-state index contributed by atoms with van der Waals surface area (Å²) >= 11 is 0.121. The maximum atomic E-state index is 12.8. The van der Waals surface area contributed by atoms with Crippen LogP contribution < -0.4 is 0 Å². The summed E-state index contributed by atoms with van der Waals surface area (Å²) in [7, 11) is 0. The molecule has 1 radical (unpaired) electrons. The Labute approximate surface area is 83.0 Å². The number of hydrogen-bond donors (Lipinski definition) is 0. The third-order valence-corrected chi connectivity index (χ3v) is 1.98. The number of benzene rings is 1. The van der Waals surface area contributed by atoms with Gasteiger partial charge in [0.1, 0.15) is 0 Å². The van der Waals surface area contributed by atoms with Gasteiger partial charge in [0.15, 0.2) is 0 Å². The second kappa shape index (κ2) is 3.90. The number of carbonyl (C=O) groups is 1. The van der Waals surface area contributed by atoms with Crippen molar-refractivity contribution >= 4 is 31.1 Å². The molecule has 0 aliphatic carbocycles. The first-order valence-electron chi connectivity index (χ1n) is 2.98. The third-order valence-electron chi connectivity index (χ3n) is 1.26. The van der Waals surface area contributed by atoms with Crippen LogP contribution in [-0.2, 0) is 2.81 Å². The van der Waals surface area contributed by atoms with Crippen LogP contribution >= 0.6 is 0 Å². The molecule has 5 heteroatoms. The maximum absolute atomic E-state index is 12.8. The molecule has 0 fully saturated rings. The minimum atomic E-state index is -0.947. The van der Waals surface area contributed by atoms with Gasteiger partial charge in [-0.15, -0.1) is 0 Å². The van der Waals surface area contributed by atoms with Gasteiger partial charge in [0.2, 0.25) is 0 Å². The number of carbonyl (C=O) groups excluding carboxylic acids is 1. The summed E-state index contributed by atoms with van der Waals surface area (Å²) in [6.45, 7) is 0. The van der Waals surface area contributed by atoms with Crippen molar-refractivity contribution in [2.75, 3.05) is 0 Å². The van der Waals surface area contributed by atoms with Crippen LogP contribution in [0.15, 0.2) is 18.2 Å². The second-order valence-corrected chi connectivity index (χ2v) is 2.78. The molecular weight excluding hydrogens is 363 g/mol. The Morgan fingerprint density at radius 2 is 1.83 bits per heavy atom.